The minimum absolute atomic E-state index is 0.0949. The summed E-state index contributed by atoms with van der Waals surface area (Å²) in [6.45, 7) is -0.815. The van der Waals surface area contributed by atoms with E-state index in [0.29, 0.717) is 34.2 Å². The van der Waals surface area contributed by atoms with Crippen LogP contribution in [0, 0.1) is 0 Å². The summed E-state index contributed by atoms with van der Waals surface area (Å²) in [6.07, 6.45) is 0. The van der Waals surface area contributed by atoms with Gasteiger partial charge >= 0.3 is 5.97 Å². The largest absolute Gasteiger partial charge is 0.455 e. The van der Waals surface area contributed by atoms with Crippen LogP contribution in [0.5, 0.6) is 23.0 Å². The highest BCUT2D eigenvalue weighted by molar-refractivity contribution is 5.97. The molecule has 3 aromatic rings. The van der Waals surface area contributed by atoms with Crippen LogP contribution in [0.15, 0.2) is 72.8 Å². The summed E-state index contributed by atoms with van der Waals surface area (Å²) < 4.78 is 21.1. The lowest BCUT2D eigenvalue weighted by Gasteiger charge is -2.12. The summed E-state index contributed by atoms with van der Waals surface area (Å²) in [7, 11) is 0. The SMILES string of the molecule is O=C(COC(=O)CNC(=O)c1ccc2c(c1)OCO2)Nc1ccccc1Oc1ccccc1. The molecule has 33 heavy (non-hydrogen) atoms. The Balaban J connectivity index is 1.24. The first-order chi connectivity index (χ1) is 16.1. The van der Waals surface area contributed by atoms with Gasteiger partial charge in [0.25, 0.3) is 11.8 Å². The number of anilines is 1. The molecule has 9 heteroatoms. The van der Waals surface area contributed by atoms with Gasteiger partial charge in [0.05, 0.1) is 5.69 Å². The molecule has 0 atom stereocenters. The van der Waals surface area contributed by atoms with Crippen LogP contribution in [0.1, 0.15) is 10.4 Å². The normalized spacial score (nSPS) is 11.4. The van der Waals surface area contributed by atoms with E-state index < -0.39 is 30.9 Å². The summed E-state index contributed by atoms with van der Waals surface area (Å²) in [4.78, 5) is 36.4. The molecule has 0 aliphatic carbocycles. The van der Waals surface area contributed by atoms with Gasteiger partial charge in [-0.3, -0.25) is 14.4 Å². The van der Waals surface area contributed by atoms with Crippen LogP contribution in [0.2, 0.25) is 0 Å². The predicted molar refractivity (Wildman–Crippen MR) is 117 cm³/mol. The highest BCUT2D eigenvalue weighted by Crippen LogP contribution is 2.32. The van der Waals surface area contributed by atoms with E-state index in [2.05, 4.69) is 10.6 Å². The second-order valence-electron chi connectivity index (χ2n) is 6.87. The van der Waals surface area contributed by atoms with Crippen LogP contribution < -0.4 is 24.8 Å². The highest BCUT2D eigenvalue weighted by Gasteiger charge is 2.17. The number of hydrogen-bond donors (Lipinski definition) is 2. The maximum absolute atomic E-state index is 12.2. The Morgan fingerprint density at radius 1 is 0.879 bits per heavy atom. The molecule has 3 aromatic carbocycles. The fourth-order valence-electron chi connectivity index (χ4n) is 2.95. The van der Waals surface area contributed by atoms with Gasteiger partial charge in [0.1, 0.15) is 12.3 Å². The molecule has 1 heterocycles. The average molecular weight is 448 g/mol. The van der Waals surface area contributed by atoms with Crippen LogP contribution in [0.25, 0.3) is 0 Å². The molecule has 168 valence electrons. The third-order valence-corrected chi connectivity index (χ3v) is 4.52. The number of ether oxygens (including phenoxy) is 4. The van der Waals surface area contributed by atoms with Gasteiger partial charge in [-0.1, -0.05) is 30.3 Å². The van der Waals surface area contributed by atoms with Crippen molar-refractivity contribution in [1.82, 2.24) is 5.32 Å². The molecule has 1 aliphatic rings. The topological polar surface area (TPSA) is 112 Å². The zero-order chi connectivity index (χ0) is 23.0. The van der Waals surface area contributed by atoms with E-state index in [9.17, 15) is 14.4 Å². The van der Waals surface area contributed by atoms with Crippen molar-refractivity contribution < 1.29 is 33.3 Å². The molecule has 1 aliphatic heterocycles. The third-order valence-electron chi connectivity index (χ3n) is 4.52. The Labute approximate surface area is 189 Å². The van der Waals surface area contributed by atoms with Crippen molar-refractivity contribution in [2.75, 3.05) is 25.3 Å². The van der Waals surface area contributed by atoms with Gasteiger partial charge in [-0.2, -0.15) is 0 Å². The number of fused-ring (bicyclic) bond motifs is 1. The Kier molecular flexibility index (Phi) is 6.70. The molecule has 0 aromatic heterocycles. The number of rotatable bonds is 8. The smallest absolute Gasteiger partial charge is 0.325 e. The van der Waals surface area contributed by atoms with Crippen molar-refractivity contribution in [3.8, 4) is 23.0 Å². The summed E-state index contributed by atoms with van der Waals surface area (Å²) in [5.41, 5.74) is 0.735. The lowest BCUT2D eigenvalue weighted by atomic mass is 10.2. The highest BCUT2D eigenvalue weighted by atomic mass is 16.7. The number of carbonyl (C=O) groups is 3. The zero-order valence-corrected chi connectivity index (χ0v) is 17.4. The molecule has 0 radical (unpaired) electrons. The first-order valence-electron chi connectivity index (χ1n) is 10.0. The van der Waals surface area contributed by atoms with Gasteiger partial charge in [0.2, 0.25) is 6.79 Å². The molecule has 0 unspecified atom stereocenters. The van der Waals surface area contributed by atoms with Crippen molar-refractivity contribution in [2.45, 2.75) is 0 Å². The Morgan fingerprint density at radius 2 is 1.64 bits per heavy atom. The van der Waals surface area contributed by atoms with Crippen molar-refractivity contribution in [3.05, 3.63) is 78.4 Å². The summed E-state index contributed by atoms with van der Waals surface area (Å²) in [6, 6.07) is 20.7. The van der Waals surface area contributed by atoms with Crippen LogP contribution in [0.3, 0.4) is 0 Å². The number of nitrogens with one attached hydrogen (secondary N) is 2. The number of amides is 2. The lowest BCUT2D eigenvalue weighted by Crippen LogP contribution is -2.32. The summed E-state index contributed by atoms with van der Waals surface area (Å²) in [5, 5.41) is 5.08. The molecule has 0 fully saturated rings. The maximum atomic E-state index is 12.2. The van der Waals surface area contributed by atoms with Gasteiger partial charge in [0, 0.05) is 5.56 Å². The van der Waals surface area contributed by atoms with Crippen LogP contribution in [-0.2, 0) is 14.3 Å². The standard InChI is InChI=1S/C24H20N2O7/c27-22(26-18-8-4-5-9-19(18)33-17-6-2-1-3-7-17)14-30-23(28)13-25-24(29)16-10-11-20-21(12-16)32-15-31-20/h1-12H,13-15H2,(H,25,29)(H,26,27). The van der Waals surface area contributed by atoms with E-state index in [4.69, 9.17) is 18.9 Å². The first kappa shape index (κ1) is 21.7. The van der Waals surface area contributed by atoms with E-state index >= 15 is 0 Å². The fraction of sp³-hybridized carbons (Fsp3) is 0.125. The summed E-state index contributed by atoms with van der Waals surface area (Å²) >= 11 is 0. The quantitative estimate of drug-likeness (QED) is 0.509. The Hall–Kier alpha value is -4.53. The number of para-hydroxylation sites is 3. The van der Waals surface area contributed by atoms with Gasteiger partial charge in [-0.15, -0.1) is 0 Å². The number of esters is 1. The van der Waals surface area contributed by atoms with E-state index in [1.54, 1.807) is 48.5 Å². The van der Waals surface area contributed by atoms with E-state index in [1.165, 1.54) is 6.07 Å². The maximum Gasteiger partial charge on any atom is 0.325 e. The fourth-order valence-corrected chi connectivity index (χ4v) is 2.95. The van der Waals surface area contributed by atoms with E-state index in [-0.39, 0.29) is 6.79 Å². The van der Waals surface area contributed by atoms with Crippen molar-refractivity contribution in [3.63, 3.8) is 0 Å². The molecule has 4 rings (SSSR count). The average Bonchev–Trinajstić information content (AvgIpc) is 3.31. The Bertz CT molecular complexity index is 1160. The van der Waals surface area contributed by atoms with Gasteiger partial charge in [-0.05, 0) is 42.5 Å². The second kappa shape index (κ2) is 10.2. The molecular formula is C24H20N2O7. The Morgan fingerprint density at radius 3 is 2.48 bits per heavy atom. The van der Waals surface area contributed by atoms with E-state index in [1.807, 2.05) is 18.2 Å². The first-order valence-corrected chi connectivity index (χ1v) is 10.0. The van der Waals surface area contributed by atoms with Crippen molar-refractivity contribution in [1.29, 1.82) is 0 Å². The van der Waals surface area contributed by atoms with Crippen LogP contribution in [0.4, 0.5) is 5.69 Å². The molecular weight excluding hydrogens is 428 g/mol. The minimum Gasteiger partial charge on any atom is -0.455 e. The molecule has 0 bridgehead atoms. The van der Waals surface area contributed by atoms with Crippen molar-refractivity contribution >= 4 is 23.5 Å². The van der Waals surface area contributed by atoms with Crippen LogP contribution in [-0.4, -0.2) is 37.7 Å². The van der Waals surface area contributed by atoms with Gasteiger partial charge < -0.3 is 29.6 Å². The van der Waals surface area contributed by atoms with Gasteiger partial charge in [-0.25, -0.2) is 0 Å². The molecule has 2 amide bonds. The van der Waals surface area contributed by atoms with Gasteiger partial charge in [0.15, 0.2) is 23.9 Å². The molecule has 0 saturated carbocycles. The molecule has 0 saturated heterocycles. The number of benzene rings is 3. The number of hydrogen-bond acceptors (Lipinski definition) is 7. The monoisotopic (exact) mass is 448 g/mol. The number of carbonyl (C=O) groups excluding carboxylic acids is 3. The lowest BCUT2D eigenvalue weighted by molar-refractivity contribution is -0.146. The molecule has 0 spiro atoms. The second-order valence-corrected chi connectivity index (χ2v) is 6.87. The predicted octanol–water partition coefficient (Wildman–Crippen LogP) is 3.12. The minimum atomic E-state index is -0.756. The van der Waals surface area contributed by atoms with Crippen molar-refractivity contribution in [2.24, 2.45) is 0 Å². The zero-order valence-electron chi connectivity index (χ0n) is 17.4. The summed E-state index contributed by atoms with van der Waals surface area (Å²) in [5.74, 6) is 0.277. The molecule has 2 N–H and O–H groups in total. The molecule has 9 nitrogen and oxygen atoms in total. The van der Waals surface area contributed by atoms with Crippen LogP contribution >= 0.6 is 0 Å². The van der Waals surface area contributed by atoms with E-state index in [0.717, 1.165) is 0 Å². The third kappa shape index (κ3) is 5.79.